The highest BCUT2D eigenvalue weighted by Crippen LogP contribution is 2.28. The van der Waals surface area contributed by atoms with Crippen molar-refractivity contribution >= 4 is 23.2 Å². The first-order valence-electron chi connectivity index (χ1n) is 9.49. The molecule has 1 fully saturated rings. The second-order valence-corrected chi connectivity index (χ2v) is 7.01. The molecule has 2 amide bonds. The van der Waals surface area contributed by atoms with Crippen LogP contribution in [0.1, 0.15) is 46.0 Å². The summed E-state index contributed by atoms with van der Waals surface area (Å²) in [6.07, 6.45) is 6.10. The van der Waals surface area contributed by atoms with Crippen LogP contribution in [0.2, 0.25) is 0 Å². The molecule has 0 aliphatic carbocycles. The van der Waals surface area contributed by atoms with E-state index >= 15 is 0 Å². The number of methoxy groups -OCH3 is 1. The summed E-state index contributed by atoms with van der Waals surface area (Å²) in [5, 5.41) is 5.64. The van der Waals surface area contributed by atoms with Crippen molar-refractivity contribution in [3.8, 4) is 5.75 Å². The molecule has 0 bridgehead atoms. The predicted molar refractivity (Wildman–Crippen MR) is 105 cm³/mol. The molecule has 1 aromatic rings. The van der Waals surface area contributed by atoms with Gasteiger partial charge in [-0.2, -0.15) is 0 Å². The molecule has 0 saturated carbocycles. The minimum absolute atomic E-state index is 0.0581. The Morgan fingerprint density at radius 1 is 1.23 bits per heavy atom. The molecule has 1 atom stereocenters. The number of hydrogen-bond donors (Lipinski definition) is 2. The average molecular weight is 361 g/mol. The highest BCUT2D eigenvalue weighted by Gasteiger charge is 2.19. The molecule has 2 rings (SSSR count). The van der Waals surface area contributed by atoms with Gasteiger partial charge in [-0.1, -0.05) is 19.8 Å². The zero-order chi connectivity index (χ0) is 18.9. The fourth-order valence-corrected chi connectivity index (χ4v) is 3.56. The smallest absolute Gasteiger partial charge is 0.238 e. The van der Waals surface area contributed by atoms with E-state index in [0.29, 0.717) is 23.7 Å². The molecule has 1 heterocycles. The van der Waals surface area contributed by atoms with Crippen LogP contribution >= 0.6 is 0 Å². The first kappa shape index (κ1) is 20.2. The molecule has 0 radical (unpaired) electrons. The Bertz CT molecular complexity index is 618. The minimum Gasteiger partial charge on any atom is -0.495 e. The van der Waals surface area contributed by atoms with Crippen molar-refractivity contribution in [2.24, 2.45) is 5.92 Å². The third-order valence-electron chi connectivity index (χ3n) is 4.80. The minimum atomic E-state index is -0.154. The number of benzene rings is 1. The Hall–Kier alpha value is -2.08. The lowest BCUT2D eigenvalue weighted by molar-refractivity contribution is -0.117. The Morgan fingerprint density at radius 2 is 2.04 bits per heavy atom. The van der Waals surface area contributed by atoms with Gasteiger partial charge in [0.05, 0.1) is 19.3 Å². The van der Waals surface area contributed by atoms with Crippen LogP contribution in [0.4, 0.5) is 11.4 Å². The summed E-state index contributed by atoms with van der Waals surface area (Å²) >= 11 is 0. The van der Waals surface area contributed by atoms with Gasteiger partial charge in [-0.15, -0.1) is 0 Å². The lowest BCUT2D eigenvalue weighted by Gasteiger charge is -2.20. The summed E-state index contributed by atoms with van der Waals surface area (Å²) in [4.78, 5) is 26.0. The molecule has 6 heteroatoms. The van der Waals surface area contributed by atoms with E-state index in [1.165, 1.54) is 32.6 Å². The number of carbonyl (C=O) groups is 2. The Balaban J connectivity index is 1.95. The van der Waals surface area contributed by atoms with Crippen LogP contribution in [0.15, 0.2) is 18.2 Å². The van der Waals surface area contributed by atoms with Gasteiger partial charge in [0.25, 0.3) is 0 Å². The van der Waals surface area contributed by atoms with Crippen molar-refractivity contribution in [2.75, 3.05) is 37.4 Å². The summed E-state index contributed by atoms with van der Waals surface area (Å²) in [6.45, 7) is 6.01. The number of rotatable bonds is 7. The highest BCUT2D eigenvalue weighted by atomic mass is 16.5. The van der Waals surface area contributed by atoms with Gasteiger partial charge in [-0.05, 0) is 56.5 Å². The maximum absolute atomic E-state index is 12.5. The molecular weight excluding hydrogens is 330 g/mol. The number of nitrogens with zero attached hydrogens (tertiary/aromatic N) is 1. The monoisotopic (exact) mass is 361 g/mol. The summed E-state index contributed by atoms with van der Waals surface area (Å²) in [7, 11) is 1.56. The second kappa shape index (κ2) is 10.2. The van der Waals surface area contributed by atoms with Crippen molar-refractivity contribution < 1.29 is 14.3 Å². The number of amides is 2. The molecule has 26 heavy (non-hydrogen) atoms. The number of ether oxygens (including phenoxy) is 1. The first-order chi connectivity index (χ1) is 12.5. The Kier molecular flexibility index (Phi) is 7.91. The van der Waals surface area contributed by atoms with E-state index in [4.69, 9.17) is 4.74 Å². The summed E-state index contributed by atoms with van der Waals surface area (Å²) in [5.74, 6) is 1.16. The molecule has 1 aliphatic rings. The summed E-state index contributed by atoms with van der Waals surface area (Å²) in [5.41, 5.74) is 1.20. The van der Waals surface area contributed by atoms with E-state index in [9.17, 15) is 9.59 Å². The largest absolute Gasteiger partial charge is 0.495 e. The van der Waals surface area contributed by atoms with Crippen LogP contribution in [0, 0.1) is 5.92 Å². The van der Waals surface area contributed by atoms with Gasteiger partial charge in [-0.3, -0.25) is 14.5 Å². The van der Waals surface area contributed by atoms with Crippen LogP contribution in [-0.2, 0) is 9.59 Å². The average Bonchev–Trinajstić information content (AvgIpc) is 2.80. The normalized spacial score (nSPS) is 18.0. The molecule has 1 aromatic carbocycles. The van der Waals surface area contributed by atoms with E-state index in [2.05, 4.69) is 22.5 Å². The van der Waals surface area contributed by atoms with Gasteiger partial charge in [0, 0.05) is 12.6 Å². The van der Waals surface area contributed by atoms with Crippen LogP contribution in [0.3, 0.4) is 0 Å². The van der Waals surface area contributed by atoms with Gasteiger partial charge in [0.2, 0.25) is 11.8 Å². The maximum Gasteiger partial charge on any atom is 0.238 e. The maximum atomic E-state index is 12.5. The third-order valence-corrected chi connectivity index (χ3v) is 4.80. The van der Waals surface area contributed by atoms with Gasteiger partial charge in [-0.25, -0.2) is 0 Å². The lowest BCUT2D eigenvalue weighted by Crippen LogP contribution is -2.34. The molecule has 1 saturated heterocycles. The van der Waals surface area contributed by atoms with Crippen LogP contribution < -0.4 is 15.4 Å². The topological polar surface area (TPSA) is 70.7 Å². The molecule has 144 valence electrons. The van der Waals surface area contributed by atoms with E-state index in [1.54, 1.807) is 25.3 Å². The fraction of sp³-hybridized carbons (Fsp3) is 0.600. The zero-order valence-corrected chi connectivity index (χ0v) is 16.1. The second-order valence-electron chi connectivity index (χ2n) is 7.01. The number of anilines is 2. The molecule has 6 nitrogen and oxygen atoms in total. The zero-order valence-electron chi connectivity index (χ0n) is 16.1. The van der Waals surface area contributed by atoms with E-state index in [0.717, 1.165) is 25.4 Å². The van der Waals surface area contributed by atoms with Gasteiger partial charge in [0.15, 0.2) is 0 Å². The molecule has 0 aromatic heterocycles. The quantitative estimate of drug-likeness (QED) is 0.780. The molecule has 1 aliphatic heterocycles. The van der Waals surface area contributed by atoms with Crippen molar-refractivity contribution in [3.63, 3.8) is 0 Å². The van der Waals surface area contributed by atoms with Gasteiger partial charge >= 0.3 is 0 Å². The van der Waals surface area contributed by atoms with Crippen LogP contribution in [0.5, 0.6) is 5.75 Å². The SMILES string of the molecule is CCCC1CCCN(CC(=O)Nc2cc(NC(C)=O)ccc2OC)CC1. The Labute approximate surface area is 156 Å². The third kappa shape index (κ3) is 6.33. The number of nitrogens with one attached hydrogen (secondary N) is 2. The molecular formula is C20H31N3O3. The van der Waals surface area contributed by atoms with Crippen molar-refractivity contribution in [2.45, 2.75) is 46.0 Å². The fourth-order valence-electron chi connectivity index (χ4n) is 3.56. The van der Waals surface area contributed by atoms with E-state index in [-0.39, 0.29) is 11.8 Å². The molecule has 2 N–H and O–H groups in total. The van der Waals surface area contributed by atoms with Crippen LogP contribution in [0.25, 0.3) is 0 Å². The van der Waals surface area contributed by atoms with Gasteiger partial charge < -0.3 is 15.4 Å². The standard InChI is InChI=1S/C20H31N3O3/c1-4-6-16-7-5-11-23(12-10-16)14-20(25)22-18-13-17(21-15(2)24)8-9-19(18)26-3/h8-9,13,16H,4-7,10-12,14H2,1-3H3,(H,21,24)(H,22,25). The molecule has 0 spiro atoms. The number of carbonyl (C=O) groups excluding carboxylic acids is 2. The molecule has 1 unspecified atom stereocenters. The van der Waals surface area contributed by atoms with Crippen molar-refractivity contribution in [1.29, 1.82) is 0 Å². The van der Waals surface area contributed by atoms with Crippen molar-refractivity contribution in [3.05, 3.63) is 18.2 Å². The van der Waals surface area contributed by atoms with E-state index < -0.39 is 0 Å². The van der Waals surface area contributed by atoms with Crippen LogP contribution in [-0.4, -0.2) is 43.5 Å². The summed E-state index contributed by atoms with van der Waals surface area (Å²) in [6, 6.07) is 5.21. The lowest BCUT2D eigenvalue weighted by atomic mass is 9.96. The number of likely N-dealkylation sites (tertiary alicyclic amines) is 1. The Morgan fingerprint density at radius 3 is 2.73 bits per heavy atom. The van der Waals surface area contributed by atoms with E-state index in [1.807, 2.05) is 0 Å². The van der Waals surface area contributed by atoms with Gasteiger partial charge in [0.1, 0.15) is 5.75 Å². The number of hydrogen-bond acceptors (Lipinski definition) is 4. The summed E-state index contributed by atoms with van der Waals surface area (Å²) < 4.78 is 5.32. The highest BCUT2D eigenvalue weighted by molar-refractivity contribution is 5.95. The van der Waals surface area contributed by atoms with Crippen molar-refractivity contribution in [1.82, 2.24) is 4.90 Å². The predicted octanol–water partition coefficient (Wildman–Crippen LogP) is 3.49. The first-order valence-corrected chi connectivity index (χ1v) is 9.49.